The first-order valence-corrected chi connectivity index (χ1v) is 8.18. The topological polar surface area (TPSA) is 33.2 Å². The van der Waals surface area contributed by atoms with Gasteiger partial charge in [0.15, 0.2) is 11.4 Å². The van der Waals surface area contributed by atoms with Crippen molar-refractivity contribution in [2.45, 2.75) is 32.6 Å². The molecule has 1 aromatic carbocycles. The van der Waals surface area contributed by atoms with Crippen LogP contribution >= 0.6 is 11.3 Å². The number of hydrogen-bond acceptors (Lipinski definition) is 4. The minimum atomic E-state index is 0.331. The van der Waals surface area contributed by atoms with Gasteiger partial charge in [0.1, 0.15) is 0 Å². The predicted molar refractivity (Wildman–Crippen MR) is 89.6 cm³/mol. The first-order chi connectivity index (χ1) is 10.2. The van der Waals surface area contributed by atoms with Gasteiger partial charge < -0.3 is 4.90 Å². The smallest absolute Gasteiger partial charge is 0.185 e. The number of carbonyl (C=O) groups excluding carboxylic acids is 1. The molecule has 0 aliphatic heterocycles. The monoisotopic (exact) mass is 302 g/mol. The highest BCUT2D eigenvalue weighted by atomic mass is 32.1. The Morgan fingerprint density at radius 1 is 1.33 bits per heavy atom. The predicted octanol–water partition coefficient (Wildman–Crippen LogP) is 4.15. The number of aromatic nitrogens is 1. The lowest BCUT2D eigenvalue weighted by Gasteiger charge is -2.15. The summed E-state index contributed by atoms with van der Waals surface area (Å²) >= 11 is 1.49. The molecule has 0 fully saturated rings. The van der Waals surface area contributed by atoms with Crippen LogP contribution in [0.15, 0.2) is 30.3 Å². The maximum atomic E-state index is 11.2. The molecule has 2 rings (SSSR count). The SMILES string of the molecule is CCC(C)c1nc(N(C)CCc2ccccc2)sc1C=O. The second kappa shape index (κ2) is 7.36. The van der Waals surface area contributed by atoms with Crippen molar-refractivity contribution in [2.24, 2.45) is 0 Å². The molecule has 3 nitrogen and oxygen atoms in total. The van der Waals surface area contributed by atoms with E-state index in [1.54, 1.807) is 0 Å². The molecule has 0 saturated heterocycles. The largest absolute Gasteiger partial charge is 0.351 e. The van der Waals surface area contributed by atoms with Gasteiger partial charge in [-0.15, -0.1) is 0 Å². The number of nitrogens with zero attached hydrogens (tertiary/aromatic N) is 2. The van der Waals surface area contributed by atoms with E-state index in [1.807, 2.05) is 13.1 Å². The molecule has 4 heteroatoms. The highest BCUT2D eigenvalue weighted by Crippen LogP contribution is 2.30. The lowest BCUT2D eigenvalue weighted by atomic mass is 10.0. The lowest BCUT2D eigenvalue weighted by molar-refractivity contribution is 0.112. The Kier molecular flexibility index (Phi) is 5.51. The maximum absolute atomic E-state index is 11.2. The maximum Gasteiger partial charge on any atom is 0.185 e. The van der Waals surface area contributed by atoms with Gasteiger partial charge in [-0.1, -0.05) is 55.5 Å². The van der Waals surface area contributed by atoms with E-state index in [2.05, 4.69) is 48.0 Å². The Labute approximate surface area is 130 Å². The zero-order valence-corrected chi connectivity index (χ0v) is 13.7. The molecule has 1 aromatic heterocycles. The Bertz CT molecular complexity index is 580. The molecule has 2 aromatic rings. The number of thiazole rings is 1. The molecule has 0 saturated carbocycles. The molecule has 1 unspecified atom stereocenters. The highest BCUT2D eigenvalue weighted by Gasteiger charge is 2.17. The van der Waals surface area contributed by atoms with Gasteiger partial charge in [-0.05, 0) is 24.3 Å². The third kappa shape index (κ3) is 3.91. The minimum absolute atomic E-state index is 0.331. The van der Waals surface area contributed by atoms with Crippen LogP contribution in [0.3, 0.4) is 0 Å². The summed E-state index contributed by atoms with van der Waals surface area (Å²) in [4.78, 5) is 18.8. The number of likely N-dealkylation sites (N-methyl/N-ethyl adjacent to an activating group) is 1. The van der Waals surface area contributed by atoms with E-state index in [0.717, 1.165) is 41.4 Å². The van der Waals surface area contributed by atoms with Crippen molar-refractivity contribution in [3.8, 4) is 0 Å². The van der Waals surface area contributed by atoms with E-state index >= 15 is 0 Å². The van der Waals surface area contributed by atoms with E-state index in [1.165, 1.54) is 16.9 Å². The molecule has 0 radical (unpaired) electrons. The number of rotatable bonds is 7. The quantitative estimate of drug-likeness (QED) is 0.720. The third-order valence-corrected chi connectivity index (χ3v) is 4.87. The number of aldehydes is 1. The van der Waals surface area contributed by atoms with Gasteiger partial charge in [-0.3, -0.25) is 4.79 Å². The molecule has 0 aliphatic carbocycles. The van der Waals surface area contributed by atoms with Crippen LogP contribution in [-0.2, 0) is 6.42 Å². The number of benzene rings is 1. The Hall–Kier alpha value is -1.68. The van der Waals surface area contributed by atoms with Crippen LogP contribution in [0.2, 0.25) is 0 Å². The van der Waals surface area contributed by atoms with Crippen molar-refractivity contribution < 1.29 is 4.79 Å². The van der Waals surface area contributed by atoms with Crippen molar-refractivity contribution in [2.75, 3.05) is 18.5 Å². The fourth-order valence-electron chi connectivity index (χ4n) is 2.16. The van der Waals surface area contributed by atoms with Crippen LogP contribution in [0.4, 0.5) is 5.13 Å². The van der Waals surface area contributed by atoms with Gasteiger partial charge in [0.05, 0.1) is 10.6 Å². The summed E-state index contributed by atoms with van der Waals surface area (Å²) in [6.07, 6.45) is 2.91. The summed E-state index contributed by atoms with van der Waals surface area (Å²) in [5, 5.41) is 0.934. The van der Waals surface area contributed by atoms with Crippen molar-refractivity contribution >= 4 is 22.8 Å². The van der Waals surface area contributed by atoms with Crippen LogP contribution in [0.5, 0.6) is 0 Å². The summed E-state index contributed by atoms with van der Waals surface area (Å²) < 4.78 is 0. The zero-order chi connectivity index (χ0) is 15.2. The fraction of sp³-hybridized carbons (Fsp3) is 0.412. The summed E-state index contributed by atoms with van der Waals surface area (Å²) in [5.74, 6) is 0.331. The van der Waals surface area contributed by atoms with Crippen molar-refractivity contribution in [3.05, 3.63) is 46.5 Å². The normalized spacial score (nSPS) is 12.1. The van der Waals surface area contributed by atoms with Crippen LogP contribution in [0.25, 0.3) is 0 Å². The standard InChI is InChI=1S/C17H22N2OS/c1-4-13(2)16-15(12-20)21-17(18-16)19(3)11-10-14-8-6-5-7-9-14/h5-9,12-13H,4,10-11H2,1-3H3. The van der Waals surface area contributed by atoms with Crippen molar-refractivity contribution in [3.63, 3.8) is 0 Å². The number of hydrogen-bond donors (Lipinski definition) is 0. The average Bonchev–Trinajstić information content (AvgIpc) is 2.97. The molecule has 0 spiro atoms. The molecule has 1 atom stereocenters. The summed E-state index contributed by atoms with van der Waals surface area (Å²) in [5.41, 5.74) is 2.26. The van der Waals surface area contributed by atoms with Crippen molar-refractivity contribution in [1.29, 1.82) is 0 Å². The van der Waals surface area contributed by atoms with E-state index in [9.17, 15) is 4.79 Å². The van der Waals surface area contributed by atoms with E-state index < -0.39 is 0 Å². The number of carbonyl (C=O) groups is 1. The molecule has 0 N–H and O–H groups in total. The van der Waals surface area contributed by atoms with Gasteiger partial charge in [0, 0.05) is 13.6 Å². The molecular formula is C17H22N2OS. The van der Waals surface area contributed by atoms with Crippen LogP contribution in [0, 0.1) is 0 Å². The highest BCUT2D eigenvalue weighted by molar-refractivity contribution is 7.17. The number of anilines is 1. The van der Waals surface area contributed by atoms with Crippen LogP contribution < -0.4 is 4.90 Å². The average molecular weight is 302 g/mol. The molecule has 0 amide bonds. The molecule has 112 valence electrons. The third-order valence-electron chi connectivity index (χ3n) is 3.76. The van der Waals surface area contributed by atoms with Crippen molar-refractivity contribution in [1.82, 2.24) is 4.98 Å². The van der Waals surface area contributed by atoms with Crippen LogP contribution in [-0.4, -0.2) is 24.9 Å². The Morgan fingerprint density at radius 3 is 2.67 bits per heavy atom. The van der Waals surface area contributed by atoms with Gasteiger partial charge >= 0.3 is 0 Å². The summed E-state index contributed by atoms with van der Waals surface area (Å²) in [6, 6.07) is 10.4. The first kappa shape index (κ1) is 15.7. The minimum Gasteiger partial charge on any atom is -0.351 e. The van der Waals surface area contributed by atoms with Crippen LogP contribution in [0.1, 0.15) is 47.1 Å². The van der Waals surface area contributed by atoms with E-state index in [0.29, 0.717) is 5.92 Å². The first-order valence-electron chi connectivity index (χ1n) is 7.36. The van der Waals surface area contributed by atoms with E-state index in [4.69, 9.17) is 0 Å². The molecule has 0 bridgehead atoms. The van der Waals surface area contributed by atoms with Gasteiger partial charge in [0.25, 0.3) is 0 Å². The molecule has 0 aliphatic rings. The summed E-state index contributed by atoms with van der Waals surface area (Å²) in [6.45, 7) is 5.14. The molecule has 1 heterocycles. The second-order valence-corrected chi connectivity index (χ2v) is 6.34. The second-order valence-electron chi connectivity index (χ2n) is 5.33. The van der Waals surface area contributed by atoms with Gasteiger partial charge in [-0.2, -0.15) is 0 Å². The van der Waals surface area contributed by atoms with Gasteiger partial charge in [-0.25, -0.2) is 4.98 Å². The fourth-order valence-corrected chi connectivity index (χ4v) is 3.15. The Balaban J connectivity index is 2.07. The lowest BCUT2D eigenvalue weighted by Crippen LogP contribution is -2.20. The Morgan fingerprint density at radius 2 is 2.05 bits per heavy atom. The summed E-state index contributed by atoms with van der Waals surface area (Å²) in [7, 11) is 2.04. The van der Waals surface area contributed by atoms with Gasteiger partial charge in [0.2, 0.25) is 0 Å². The molecule has 21 heavy (non-hydrogen) atoms. The van der Waals surface area contributed by atoms with E-state index in [-0.39, 0.29) is 0 Å². The zero-order valence-electron chi connectivity index (χ0n) is 12.9. The molecular weight excluding hydrogens is 280 g/mol.